The standard InChI is InChI=1S/C21H15N4/c1-2-8-16(9-3-1)21-24-13-7-5-11-19(24)20-14-18(23-15-25(20)21)17-10-4-6-12-22-17/h1-15H/q+1. The maximum Gasteiger partial charge on any atom is 0.300 e. The summed E-state index contributed by atoms with van der Waals surface area (Å²) in [6.45, 7) is 0. The maximum atomic E-state index is 4.65. The molecule has 5 aromatic rings. The average molecular weight is 323 g/mol. The van der Waals surface area contributed by atoms with Gasteiger partial charge in [-0.05, 0) is 36.4 Å². The number of rotatable bonds is 2. The van der Waals surface area contributed by atoms with Crippen molar-refractivity contribution in [3.8, 4) is 22.8 Å². The highest BCUT2D eigenvalue weighted by atomic mass is 15.1. The first-order valence-electron chi connectivity index (χ1n) is 8.19. The summed E-state index contributed by atoms with van der Waals surface area (Å²) in [5.41, 5.74) is 5.14. The molecule has 118 valence electrons. The second-order valence-electron chi connectivity index (χ2n) is 5.89. The van der Waals surface area contributed by atoms with Crippen molar-refractivity contribution in [3.63, 3.8) is 0 Å². The molecular formula is C21H15N4+. The molecule has 0 amide bonds. The van der Waals surface area contributed by atoms with E-state index in [1.54, 1.807) is 6.20 Å². The van der Waals surface area contributed by atoms with E-state index in [1.807, 2.05) is 36.7 Å². The van der Waals surface area contributed by atoms with Crippen LogP contribution in [0.15, 0.2) is 91.5 Å². The molecule has 0 aliphatic carbocycles. The van der Waals surface area contributed by atoms with Gasteiger partial charge >= 0.3 is 5.82 Å². The lowest BCUT2D eigenvalue weighted by Gasteiger charge is -1.99. The van der Waals surface area contributed by atoms with Crippen molar-refractivity contribution < 1.29 is 4.40 Å². The molecule has 4 heteroatoms. The third-order valence-corrected chi connectivity index (χ3v) is 4.38. The van der Waals surface area contributed by atoms with Crippen LogP contribution in [0, 0.1) is 0 Å². The molecule has 0 aliphatic heterocycles. The van der Waals surface area contributed by atoms with Gasteiger partial charge in [-0.15, -0.1) is 0 Å². The van der Waals surface area contributed by atoms with Crippen LogP contribution in [0.1, 0.15) is 0 Å². The van der Waals surface area contributed by atoms with Crippen LogP contribution in [0.25, 0.3) is 33.8 Å². The van der Waals surface area contributed by atoms with E-state index in [0.717, 1.165) is 33.8 Å². The largest absolute Gasteiger partial charge is 0.300 e. The van der Waals surface area contributed by atoms with Crippen LogP contribution in [0.3, 0.4) is 0 Å². The molecular weight excluding hydrogens is 308 g/mol. The Labute approximate surface area is 144 Å². The smallest absolute Gasteiger partial charge is 0.255 e. The van der Waals surface area contributed by atoms with E-state index in [2.05, 4.69) is 67.4 Å². The first-order valence-corrected chi connectivity index (χ1v) is 8.19. The second kappa shape index (κ2) is 5.53. The topological polar surface area (TPSA) is 34.3 Å². The number of pyridine rings is 2. The van der Waals surface area contributed by atoms with Gasteiger partial charge in [-0.25, -0.2) is 4.98 Å². The summed E-state index contributed by atoms with van der Waals surface area (Å²) in [6, 6.07) is 24.6. The van der Waals surface area contributed by atoms with Crippen LogP contribution in [0.2, 0.25) is 0 Å². The van der Waals surface area contributed by atoms with E-state index in [4.69, 9.17) is 0 Å². The molecule has 0 saturated heterocycles. The van der Waals surface area contributed by atoms with Gasteiger partial charge in [0, 0.05) is 12.3 Å². The molecule has 0 bridgehead atoms. The highest BCUT2D eigenvalue weighted by molar-refractivity contribution is 5.78. The summed E-state index contributed by atoms with van der Waals surface area (Å²) >= 11 is 0. The molecule has 0 atom stereocenters. The van der Waals surface area contributed by atoms with Gasteiger partial charge in [0.2, 0.25) is 0 Å². The molecule has 0 saturated carbocycles. The molecule has 25 heavy (non-hydrogen) atoms. The van der Waals surface area contributed by atoms with Gasteiger partial charge in [0.1, 0.15) is 0 Å². The minimum absolute atomic E-state index is 0.872. The molecule has 4 aromatic heterocycles. The van der Waals surface area contributed by atoms with Crippen molar-refractivity contribution >= 4 is 11.0 Å². The predicted molar refractivity (Wildman–Crippen MR) is 97.0 cm³/mol. The number of hydrogen-bond donors (Lipinski definition) is 0. The van der Waals surface area contributed by atoms with E-state index in [0.29, 0.717) is 0 Å². The quantitative estimate of drug-likeness (QED) is 0.463. The van der Waals surface area contributed by atoms with Gasteiger partial charge in [0.15, 0.2) is 17.4 Å². The van der Waals surface area contributed by atoms with Gasteiger partial charge < -0.3 is 0 Å². The SMILES string of the molecule is c1ccc(-c2n3cnc(-c4ccccn4)cc3c3cccc[n+]23)cc1. The molecule has 0 unspecified atom stereocenters. The Kier molecular flexibility index (Phi) is 3.07. The van der Waals surface area contributed by atoms with E-state index < -0.39 is 0 Å². The fourth-order valence-electron chi connectivity index (χ4n) is 3.26. The lowest BCUT2D eigenvalue weighted by Crippen LogP contribution is -2.21. The molecule has 0 spiro atoms. The van der Waals surface area contributed by atoms with E-state index in [-0.39, 0.29) is 0 Å². The number of benzene rings is 1. The van der Waals surface area contributed by atoms with Crippen LogP contribution < -0.4 is 4.40 Å². The number of nitrogens with zero attached hydrogens (tertiary/aromatic N) is 4. The zero-order valence-corrected chi connectivity index (χ0v) is 13.4. The van der Waals surface area contributed by atoms with Crippen molar-refractivity contribution in [2.45, 2.75) is 0 Å². The Morgan fingerprint density at radius 1 is 0.760 bits per heavy atom. The van der Waals surface area contributed by atoms with Crippen LogP contribution in [0.5, 0.6) is 0 Å². The number of imidazole rings is 1. The van der Waals surface area contributed by atoms with Gasteiger partial charge in [-0.3, -0.25) is 4.98 Å². The third kappa shape index (κ3) is 2.19. The van der Waals surface area contributed by atoms with Gasteiger partial charge in [-0.2, -0.15) is 8.80 Å². The highest BCUT2D eigenvalue weighted by Gasteiger charge is 2.22. The molecule has 5 rings (SSSR count). The van der Waals surface area contributed by atoms with Crippen molar-refractivity contribution in [2.75, 3.05) is 0 Å². The Morgan fingerprint density at radius 3 is 2.44 bits per heavy atom. The first kappa shape index (κ1) is 13.9. The monoisotopic (exact) mass is 323 g/mol. The second-order valence-corrected chi connectivity index (χ2v) is 5.89. The zero-order valence-electron chi connectivity index (χ0n) is 13.4. The van der Waals surface area contributed by atoms with Gasteiger partial charge in [-0.1, -0.05) is 30.3 Å². The summed E-state index contributed by atoms with van der Waals surface area (Å²) in [6.07, 6.45) is 5.77. The van der Waals surface area contributed by atoms with Crippen LogP contribution in [0.4, 0.5) is 0 Å². The van der Waals surface area contributed by atoms with E-state index in [1.165, 1.54) is 0 Å². The third-order valence-electron chi connectivity index (χ3n) is 4.38. The van der Waals surface area contributed by atoms with Crippen molar-refractivity contribution in [3.05, 3.63) is 91.5 Å². The summed E-state index contributed by atoms with van der Waals surface area (Å²) in [5, 5.41) is 0. The van der Waals surface area contributed by atoms with Crippen LogP contribution in [-0.4, -0.2) is 14.4 Å². The van der Waals surface area contributed by atoms with E-state index >= 15 is 0 Å². The normalized spacial score (nSPS) is 11.2. The Bertz CT molecular complexity index is 1180. The summed E-state index contributed by atoms with van der Waals surface area (Å²) < 4.78 is 4.34. The highest BCUT2D eigenvalue weighted by Crippen LogP contribution is 2.24. The summed E-state index contributed by atoms with van der Waals surface area (Å²) in [7, 11) is 0. The summed E-state index contributed by atoms with van der Waals surface area (Å²) in [5.74, 6) is 1.09. The van der Waals surface area contributed by atoms with Crippen molar-refractivity contribution in [1.29, 1.82) is 0 Å². The van der Waals surface area contributed by atoms with Gasteiger partial charge in [0.05, 0.1) is 23.1 Å². The Morgan fingerprint density at radius 2 is 1.60 bits per heavy atom. The number of aromatic nitrogens is 4. The first-order chi connectivity index (χ1) is 12.4. The number of fused-ring (bicyclic) bond motifs is 3. The molecule has 0 radical (unpaired) electrons. The molecule has 1 aromatic carbocycles. The van der Waals surface area contributed by atoms with Gasteiger partial charge in [0.25, 0.3) is 0 Å². The zero-order chi connectivity index (χ0) is 16.6. The van der Waals surface area contributed by atoms with Crippen LogP contribution in [-0.2, 0) is 0 Å². The number of hydrogen-bond acceptors (Lipinski definition) is 2. The Balaban J connectivity index is 1.86. The predicted octanol–water partition coefficient (Wildman–Crippen LogP) is 3.80. The summed E-state index contributed by atoms with van der Waals surface area (Å²) in [4.78, 5) is 9.07. The lowest BCUT2D eigenvalue weighted by molar-refractivity contribution is -0.498. The fourth-order valence-corrected chi connectivity index (χ4v) is 3.26. The molecule has 0 aliphatic rings. The van der Waals surface area contributed by atoms with Crippen LogP contribution >= 0.6 is 0 Å². The average Bonchev–Trinajstić information content (AvgIpc) is 3.03. The fraction of sp³-hybridized carbons (Fsp3) is 0. The molecule has 4 heterocycles. The van der Waals surface area contributed by atoms with Crippen molar-refractivity contribution in [1.82, 2.24) is 14.4 Å². The van der Waals surface area contributed by atoms with E-state index in [9.17, 15) is 0 Å². The molecule has 0 fully saturated rings. The molecule has 4 nitrogen and oxygen atoms in total. The molecule has 0 N–H and O–H groups in total. The Hall–Kier alpha value is -3.53. The maximum absolute atomic E-state index is 4.65. The lowest BCUT2D eigenvalue weighted by atomic mass is 10.2. The minimum atomic E-state index is 0.872. The minimum Gasteiger partial charge on any atom is -0.255 e. The van der Waals surface area contributed by atoms with Crippen molar-refractivity contribution in [2.24, 2.45) is 0 Å².